The zero-order valence-electron chi connectivity index (χ0n) is 14.6. The Labute approximate surface area is 151 Å². The van der Waals surface area contributed by atoms with E-state index in [2.05, 4.69) is 10.3 Å². The van der Waals surface area contributed by atoms with E-state index in [0.29, 0.717) is 18.2 Å². The van der Waals surface area contributed by atoms with E-state index in [4.69, 9.17) is 9.72 Å². The molecule has 1 aliphatic rings. The summed E-state index contributed by atoms with van der Waals surface area (Å²) < 4.78 is 7.18. The summed E-state index contributed by atoms with van der Waals surface area (Å²) in [5, 5.41) is 3.23. The Morgan fingerprint density at radius 1 is 1.23 bits per heavy atom. The van der Waals surface area contributed by atoms with Crippen molar-refractivity contribution in [2.75, 3.05) is 11.9 Å². The van der Waals surface area contributed by atoms with Crippen molar-refractivity contribution in [2.24, 2.45) is 0 Å². The second-order valence-corrected chi connectivity index (χ2v) is 6.14. The van der Waals surface area contributed by atoms with Crippen LogP contribution in [0, 0.1) is 0 Å². The van der Waals surface area contributed by atoms with Gasteiger partial charge in [-0.05, 0) is 49.6 Å². The van der Waals surface area contributed by atoms with Crippen LogP contribution in [0.5, 0.6) is 0 Å². The van der Waals surface area contributed by atoms with E-state index in [1.807, 2.05) is 60.2 Å². The molecule has 0 aliphatic carbocycles. The number of aromatic nitrogens is 3. The molecule has 1 aromatic carbocycles. The van der Waals surface area contributed by atoms with Crippen molar-refractivity contribution in [3.05, 3.63) is 59.9 Å². The van der Waals surface area contributed by atoms with E-state index in [1.54, 1.807) is 0 Å². The van der Waals surface area contributed by atoms with Gasteiger partial charge in [-0.25, -0.2) is 14.8 Å². The van der Waals surface area contributed by atoms with Gasteiger partial charge in [0.25, 0.3) is 0 Å². The van der Waals surface area contributed by atoms with Crippen molar-refractivity contribution in [1.82, 2.24) is 14.5 Å². The highest BCUT2D eigenvalue weighted by molar-refractivity contribution is 5.89. The molecule has 26 heavy (non-hydrogen) atoms. The van der Waals surface area contributed by atoms with Gasteiger partial charge < -0.3 is 14.6 Å². The second kappa shape index (κ2) is 7.00. The predicted molar refractivity (Wildman–Crippen MR) is 99.5 cm³/mol. The fourth-order valence-electron chi connectivity index (χ4n) is 3.25. The molecule has 0 spiro atoms. The van der Waals surface area contributed by atoms with Crippen molar-refractivity contribution in [2.45, 2.75) is 26.3 Å². The fraction of sp³-hybridized carbons (Fsp3) is 0.250. The Morgan fingerprint density at radius 2 is 2.08 bits per heavy atom. The minimum atomic E-state index is -0.293. The summed E-state index contributed by atoms with van der Waals surface area (Å²) in [6, 6.07) is 13.6. The third kappa shape index (κ3) is 3.06. The summed E-state index contributed by atoms with van der Waals surface area (Å²) in [4.78, 5) is 21.4. The molecule has 0 unspecified atom stereocenters. The normalized spacial score (nSPS) is 12.7. The van der Waals surface area contributed by atoms with Crippen LogP contribution in [0.25, 0.3) is 11.4 Å². The van der Waals surface area contributed by atoms with Crippen LogP contribution in [0.2, 0.25) is 0 Å². The maximum absolute atomic E-state index is 12.2. The molecule has 0 bridgehead atoms. The average molecular weight is 348 g/mol. The molecule has 3 heterocycles. The first-order valence-corrected chi connectivity index (χ1v) is 8.81. The van der Waals surface area contributed by atoms with Crippen LogP contribution in [0.1, 0.15) is 29.4 Å². The lowest BCUT2D eigenvalue weighted by molar-refractivity contribution is 0.0514. The molecule has 6 nitrogen and oxygen atoms in total. The summed E-state index contributed by atoms with van der Waals surface area (Å²) in [5.41, 5.74) is 4.40. The number of rotatable bonds is 4. The highest BCUT2D eigenvalue weighted by Gasteiger charge is 2.22. The number of hydrogen-bond donors (Lipinski definition) is 1. The van der Waals surface area contributed by atoms with Crippen molar-refractivity contribution in [3.8, 4) is 11.4 Å². The van der Waals surface area contributed by atoms with Gasteiger partial charge in [-0.1, -0.05) is 18.2 Å². The number of hydrogen-bond acceptors (Lipinski definition) is 5. The molecule has 0 fully saturated rings. The van der Waals surface area contributed by atoms with E-state index in [9.17, 15) is 4.79 Å². The largest absolute Gasteiger partial charge is 0.461 e. The summed E-state index contributed by atoms with van der Waals surface area (Å²) in [6.07, 6.45) is 3.68. The van der Waals surface area contributed by atoms with Crippen LogP contribution in [-0.4, -0.2) is 27.1 Å². The van der Waals surface area contributed by atoms with Crippen molar-refractivity contribution >= 4 is 17.6 Å². The number of aryl methyl sites for hydroxylation is 1. The number of carbonyl (C=O) groups excluding carboxylic acids is 1. The van der Waals surface area contributed by atoms with Crippen LogP contribution in [0.15, 0.2) is 48.7 Å². The Balaban J connectivity index is 1.73. The SMILES string of the molecule is CCOC(=O)c1ccc2n1CCCc1cnc(Nc3ccccc3)nc1-2. The second-order valence-electron chi connectivity index (χ2n) is 6.14. The Morgan fingerprint density at radius 3 is 2.88 bits per heavy atom. The number of nitrogens with zero attached hydrogens (tertiary/aromatic N) is 3. The molecular weight excluding hydrogens is 328 g/mol. The first-order valence-electron chi connectivity index (χ1n) is 8.81. The maximum atomic E-state index is 12.2. The first kappa shape index (κ1) is 16.3. The fourth-order valence-corrected chi connectivity index (χ4v) is 3.25. The summed E-state index contributed by atoms with van der Waals surface area (Å²) >= 11 is 0. The van der Waals surface area contributed by atoms with Gasteiger partial charge in [-0.3, -0.25) is 0 Å². The Kier molecular flexibility index (Phi) is 4.39. The van der Waals surface area contributed by atoms with Gasteiger partial charge in [0.05, 0.1) is 18.0 Å². The van der Waals surface area contributed by atoms with Crippen LogP contribution < -0.4 is 5.32 Å². The molecule has 0 atom stereocenters. The molecule has 0 saturated carbocycles. The molecule has 0 saturated heterocycles. The topological polar surface area (TPSA) is 69.0 Å². The van der Waals surface area contributed by atoms with Gasteiger partial charge in [-0.15, -0.1) is 0 Å². The predicted octanol–water partition coefficient (Wildman–Crippen LogP) is 3.81. The number of esters is 1. The number of benzene rings is 1. The zero-order chi connectivity index (χ0) is 17.9. The van der Waals surface area contributed by atoms with E-state index >= 15 is 0 Å². The molecule has 1 N–H and O–H groups in total. The van der Waals surface area contributed by atoms with E-state index in [0.717, 1.165) is 42.0 Å². The van der Waals surface area contributed by atoms with Gasteiger partial charge in [0.15, 0.2) is 0 Å². The maximum Gasteiger partial charge on any atom is 0.354 e. The lowest BCUT2D eigenvalue weighted by atomic mass is 10.1. The standard InChI is InChI=1S/C20H20N4O2/c1-2-26-19(25)17-11-10-16-18-14(7-6-12-24(16)17)13-21-20(23-18)22-15-8-4-3-5-9-15/h3-5,8-11,13H,2,6-7,12H2,1H3,(H,21,22,23). The van der Waals surface area contributed by atoms with Gasteiger partial charge in [0, 0.05) is 18.4 Å². The van der Waals surface area contributed by atoms with E-state index < -0.39 is 0 Å². The number of carbonyl (C=O) groups is 1. The van der Waals surface area contributed by atoms with Gasteiger partial charge in [0.2, 0.25) is 5.95 Å². The molecule has 0 radical (unpaired) electrons. The van der Waals surface area contributed by atoms with Crippen LogP contribution in [-0.2, 0) is 17.7 Å². The van der Waals surface area contributed by atoms with Crippen molar-refractivity contribution in [1.29, 1.82) is 0 Å². The lowest BCUT2D eigenvalue weighted by Gasteiger charge is -2.11. The molecule has 0 amide bonds. The Bertz CT molecular complexity index is 934. The highest BCUT2D eigenvalue weighted by Crippen LogP contribution is 2.30. The number of ether oxygens (including phenoxy) is 1. The van der Waals surface area contributed by atoms with Crippen LogP contribution >= 0.6 is 0 Å². The number of nitrogens with one attached hydrogen (secondary N) is 1. The quantitative estimate of drug-likeness (QED) is 0.726. The average Bonchev–Trinajstić information content (AvgIpc) is 2.99. The minimum absolute atomic E-state index is 0.293. The smallest absolute Gasteiger partial charge is 0.354 e. The van der Waals surface area contributed by atoms with Crippen LogP contribution in [0.4, 0.5) is 11.6 Å². The third-order valence-electron chi connectivity index (χ3n) is 4.43. The number of para-hydroxylation sites is 1. The first-order chi connectivity index (χ1) is 12.8. The van der Waals surface area contributed by atoms with E-state index in [-0.39, 0.29) is 5.97 Å². The Hall–Kier alpha value is -3.15. The van der Waals surface area contributed by atoms with Gasteiger partial charge in [-0.2, -0.15) is 0 Å². The van der Waals surface area contributed by atoms with E-state index in [1.165, 1.54) is 0 Å². The molecular formula is C20H20N4O2. The minimum Gasteiger partial charge on any atom is -0.461 e. The summed E-state index contributed by atoms with van der Waals surface area (Å²) in [5.74, 6) is 0.251. The molecule has 132 valence electrons. The van der Waals surface area contributed by atoms with Gasteiger partial charge >= 0.3 is 5.97 Å². The van der Waals surface area contributed by atoms with Gasteiger partial charge in [0.1, 0.15) is 5.69 Å². The molecule has 4 rings (SSSR count). The van der Waals surface area contributed by atoms with Crippen molar-refractivity contribution in [3.63, 3.8) is 0 Å². The highest BCUT2D eigenvalue weighted by atomic mass is 16.5. The molecule has 1 aliphatic heterocycles. The number of anilines is 2. The molecule has 6 heteroatoms. The third-order valence-corrected chi connectivity index (χ3v) is 4.43. The molecule has 2 aromatic heterocycles. The molecule has 3 aromatic rings. The summed E-state index contributed by atoms with van der Waals surface area (Å²) in [6.45, 7) is 2.94. The summed E-state index contributed by atoms with van der Waals surface area (Å²) in [7, 11) is 0. The van der Waals surface area contributed by atoms with Crippen molar-refractivity contribution < 1.29 is 9.53 Å². The lowest BCUT2D eigenvalue weighted by Crippen LogP contribution is -2.12. The number of fused-ring (bicyclic) bond motifs is 3. The van der Waals surface area contributed by atoms with Crippen LogP contribution in [0.3, 0.4) is 0 Å². The zero-order valence-corrected chi connectivity index (χ0v) is 14.6. The monoisotopic (exact) mass is 348 g/mol.